The monoisotopic (exact) mass is 264 g/mol. The fourth-order valence-corrected chi connectivity index (χ4v) is 1.95. The number of hydrogen-bond acceptors (Lipinski definition) is 3. The first kappa shape index (κ1) is 13.2. The number of aliphatic carboxylic acids is 1. The lowest BCUT2D eigenvalue weighted by Gasteiger charge is -2.27. The van der Waals surface area contributed by atoms with Crippen molar-refractivity contribution in [3.63, 3.8) is 0 Å². The minimum absolute atomic E-state index is 0.159. The van der Waals surface area contributed by atoms with Crippen LogP contribution in [0.2, 0.25) is 0 Å². The third kappa shape index (κ3) is 2.47. The molecule has 1 amide bonds. The molecule has 0 bridgehead atoms. The molecule has 1 N–H and O–H groups in total. The number of aliphatic imine (C=N–C) groups is 1. The summed E-state index contributed by atoms with van der Waals surface area (Å²) >= 11 is 0. The van der Waals surface area contributed by atoms with Gasteiger partial charge in [-0.1, -0.05) is 0 Å². The van der Waals surface area contributed by atoms with Crippen molar-refractivity contribution in [3.05, 3.63) is 35.6 Å². The average molecular weight is 264 g/mol. The maximum atomic E-state index is 12.9. The van der Waals surface area contributed by atoms with E-state index in [1.54, 1.807) is 13.8 Å². The molecule has 0 aromatic heterocycles. The van der Waals surface area contributed by atoms with E-state index in [4.69, 9.17) is 5.11 Å². The summed E-state index contributed by atoms with van der Waals surface area (Å²) in [6, 6.07) is 5.37. The molecule has 0 radical (unpaired) electrons. The Kier molecular flexibility index (Phi) is 3.09. The Bertz CT molecular complexity index is 564. The molecule has 1 aromatic carbocycles. The van der Waals surface area contributed by atoms with Crippen molar-refractivity contribution in [2.24, 2.45) is 4.99 Å². The van der Waals surface area contributed by atoms with Crippen LogP contribution in [-0.2, 0) is 9.59 Å². The van der Waals surface area contributed by atoms with Gasteiger partial charge in [-0.15, -0.1) is 0 Å². The zero-order chi connectivity index (χ0) is 14.2. The molecule has 100 valence electrons. The van der Waals surface area contributed by atoms with Gasteiger partial charge in [0.1, 0.15) is 23.7 Å². The molecule has 1 aliphatic rings. The molecule has 1 aliphatic heterocycles. The van der Waals surface area contributed by atoms with Gasteiger partial charge in [0.05, 0.1) is 0 Å². The van der Waals surface area contributed by atoms with Gasteiger partial charge in [-0.05, 0) is 38.1 Å². The number of carbonyl (C=O) groups is 2. The van der Waals surface area contributed by atoms with E-state index in [1.165, 1.54) is 29.2 Å². The molecule has 5 nitrogen and oxygen atoms in total. The predicted octanol–water partition coefficient (Wildman–Crippen LogP) is 1.28. The van der Waals surface area contributed by atoms with E-state index >= 15 is 0 Å². The fourth-order valence-electron chi connectivity index (χ4n) is 1.95. The second-order valence-electron chi connectivity index (χ2n) is 4.75. The highest BCUT2D eigenvalue weighted by molar-refractivity contribution is 6.46. The van der Waals surface area contributed by atoms with Crippen LogP contribution >= 0.6 is 0 Å². The van der Waals surface area contributed by atoms with Crippen LogP contribution in [0.4, 0.5) is 4.39 Å². The van der Waals surface area contributed by atoms with Gasteiger partial charge in [0.2, 0.25) is 0 Å². The smallest absolute Gasteiger partial charge is 0.323 e. The number of benzene rings is 1. The van der Waals surface area contributed by atoms with E-state index in [-0.39, 0.29) is 5.71 Å². The number of carboxylic acid groups (broad SMARTS) is 1. The van der Waals surface area contributed by atoms with Crippen LogP contribution in [-0.4, -0.2) is 39.8 Å². The van der Waals surface area contributed by atoms with Gasteiger partial charge in [-0.25, -0.2) is 4.39 Å². The molecule has 0 spiro atoms. The molecular formula is C13H13FN2O3. The van der Waals surface area contributed by atoms with Gasteiger partial charge < -0.3 is 10.0 Å². The molecule has 6 heteroatoms. The lowest BCUT2D eigenvalue weighted by Crippen LogP contribution is -2.45. The lowest BCUT2D eigenvalue weighted by atomic mass is 10.1. The Balaban J connectivity index is 2.36. The van der Waals surface area contributed by atoms with Gasteiger partial charge in [0.15, 0.2) is 0 Å². The van der Waals surface area contributed by atoms with E-state index in [0.717, 1.165) is 0 Å². The molecule has 1 heterocycles. The third-order valence-electron chi connectivity index (χ3n) is 2.90. The maximum absolute atomic E-state index is 12.9. The van der Waals surface area contributed by atoms with Crippen molar-refractivity contribution < 1.29 is 19.1 Å². The summed E-state index contributed by atoms with van der Waals surface area (Å²) < 4.78 is 12.9. The Labute approximate surface area is 109 Å². The Morgan fingerprint density at radius 1 is 1.37 bits per heavy atom. The van der Waals surface area contributed by atoms with Crippen LogP contribution in [0, 0.1) is 5.82 Å². The zero-order valence-corrected chi connectivity index (χ0v) is 10.6. The van der Waals surface area contributed by atoms with Crippen LogP contribution in [0.5, 0.6) is 0 Å². The summed E-state index contributed by atoms with van der Waals surface area (Å²) in [6.45, 7) is 2.90. The maximum Gasteiger partial charge on any atom is 0.323 e. The highest BCUT2D eigenvalue weighted by Gasteiger charge is 2.41. The van der Waals surface area contributed by atoms with Crippen molar-refractivity contribution in [1.29, 1.82) is 0 Å². The largest absolute Gasteiger partial charge is 0.480 e. The summed E-state index contributed by atoms with van der Waals surface area (Å²) in [5, 5.41) is 8.82. The molecule has 0 unspecified atom stereocenters. The first-order valence-electron chi connectivity index (χ1n) is 5.71. The second kappa shape index (κ2) is 4.46. The highest BCUT2D eigenvalue weighted by atomic mass is 19.1. The van der Waals surface area contributed by atoms with Crippen molar-refractivity contribution in [2.45, 2.75) is 19.5 Å². The van der Waals surface area contributed by atoms with Gasteiger partial charge in [0.25, 0.3) is 5.91 Å². The minimum Gasteiger partial charge on any atom is -0.480 e. The number of nitrogens with zero attached hydrogens (tertiary/aromatic N) is 2. The summed E-state index contributed by atoms with van der Waals surface area (Å²) in [6.07, 6.45) is 0. The number of rotatable bonds is 3. The highest BCUT2D eigenvalue weighted by Crippen LogP contribution is 2.26. The molecule has 0 fully saturated rings. The molecule has 0 saturated heterocycles. The predicted molar refractivity (Wildman–Crippen MR) is 66.4 cm³/mol. The molecule has 2 rings (SSSR count). The van der Waals surface area contributed by atoms with Crippen LogP contribution in [0.15, 0.2) is 29.3 Å². The first-order chi connectivity index (χ1) is 8.81. The van der Waals surface area contributed by atoms with Crippen molar-refractivity contribution in [3.8, 4) is 0 Å². The zero-order valence-electron chi connectivity index (χ0n) is 10.6. The number of carbonyl (C=O) groups excluding carboxylic acids is 1. The number of carboxylic acids is 1. The van der Waals surface area contributed by atoms with Crippen LogP contribution in [0.25, 0.3) is 0 Å². The van der Waals surface area contributed by atoms with E-state index in [1.807, 2.05) is 0 Å². The van der Waals surface area contributed by atoms with E-state index < -0.39 is 29.9 Å². The van der Waals surface area contributed by atoms with Crippen LogP contribution < -0.4 is 0 Å². The summed E-state index contributed by atoms with van der Waals surface area (Å²) in [4.78, 5) is 28.4. The topological polar surface area (TPSA) is 70.0 Å². The van der Waals surface area contributed by atoms with Crippen LogP contribution in [0.1, 0.15) is 19.4 Å². The molecule has 0 aliphatic carbocycles. The van der Waals surface area contributed by atoms with Crippen molar-refractivity contribution >= 4 is 17.6 Å². The number of halogens is 1. The van der Waals surface area contributed by atoms with E-state index in [0.29, 0.717) is 5.56 Å². The van der Waals surface area contributed by atoms with E-state index in [9.17, 15) is 14.0 Å². The lowest BCUT2D eigenvalue weighted by molar-refractivity contribution is -0.144. The molecular weight excluding hydrogens is 251 g/mol. The standard InChI is InChI=1S/C13H13FN2O3/c1-13(2)15-11(8-3-5-9(14)6-4-8)12(19)16(13)7-10(17)18/h3-6H,7H2,1-2H3,(H,17,18). The number of amides is 1. The Hall–Kier alpha value is -2.24. The molecule has 0 saturated carbocycles. The Morgan fingerprint density at radius 3 is 2.47 bits per heavy atom. The second-order valence-corrected chi connectivity index (χ2v) is 4.75. The molecule has 19 heavy (non-hydrogen) atoms. The summed E-state index contributed by atoms with van der Waals surface area (Å²) in [5.41, 5.74) is -0.280. The number of hydrogen-bond donors (Lipinski definition) is 1. The average Bonchev–Trinajstić information content (AvgIpc) is 2.53. The third-order valence-corrected chi connectivity index (χ3v) is 2.90. The van der Waals surface area contributed by atoms with Crippen molar-refractivity contribution in [2.75, 3.05) is 6.54 Å². The summed E-state index contributed by atoms with van der Waals surface area (Å²) in [7, 11) is 0. The van der Waals surface area contributed by atoms with Crippen LogP contribution in [0.3, 0.4) is 0 Å². The van der Waals surface area contributed by atoms with Gasteiger partial charge in [-0.3, -0.25) is 14.6 Å². The Morgan fingerprint density at radius 2 is 1.95 bits per heavy atom. The fraction of sp³-hybridized carbons (Fsp3) is 0.308. The molecule has 0 atom stereocenters. The quantitative estimate of drug-likeness (QED) is 0.894. The summed E-state index contributed by atoms with van der Waals surface area (Å²) in [5.74, 6) is -1.97. The van der Waals surface area contributed by atoms with Gasteiger partial charge in [0, 0.05) is 5.56 Å². The van der Waals surface area contributed by atoms with Gasteiger partial charge >= 0.3 is 5.97 Å². The first-order valence-corrected chi connectivity index (χ1v) is 5.71. The molecule has 1 aromatic rings. The van der Waals surface area contributed by atoms with Crippen molar-refractivity contribution in [1.82, 2.24) is 4.90 Å². The van der Waals surface area contributed by atoms with E-state index in [2.05, 4.69) is 4.99 Å². The SMILES string of the molecule is CC1(C)N=C(c2ccc(F)cc2)C(=O)N1CC(=O)O. The minimum atomic E-state index is -1.10. The normalized spacial score (nSPS) is 17.5. The van der Waals surface area contributed by atoms with Gasteiger partial charge in [-0.2, -0.15) is 0 Å².